The molecule has 4 nitrogen and oxygen atoms in total. The topological polar surface area (TPSA) is 55.9 Å². The molecule has 0 aromatic carbocycles. The Balaban J connectivity index is 2.41. The summed E-state index contributed by atoms with van der Waals surface area (Å²) in [5, 5.41) is 3.21. The van der Waals surface area contributed by atoms with Crippen LogP contribution in [0, 0.1) is 0 Å². The van der Waals surface area contributed by atoms with Crippen molar-refractivity contribution in [1.82, 2.24) is 14.9 Å². The van der Waals surface area contributed by atoms with Crippen molar-refractivity contribution in [3.63, 3.8) is 0 Å². The zero-order chi connectivity index (χ0) is 8.81. The fourth-order valence-corrected chi connectivity index (χ4v) is 1.02. The first-order chi connectivity index (χ1) is 5.86. The number of hydrogen-bond donors (Lipinski definition) is 2. The summed E-state index contributed by atoms with van der Waals surface area (Å²) in [5.41, 5.74) is 6.48. The Morgan fingerprint density at radius 3 is 3.17 bits per heavy atom. The quantitative estimate of drug-likeness (QED) is 0.648. The van der Waals surface area contributed by atoms with Gasteiger partial charge < -0.3 is 15.6 Å². The molecule has 0 aliphatic carbocycles. The van der Waals surface area contributed by atoms with E-state index in [0.717, 1.165) is 25.3 Å². The van der Waals surface area contributed by atoms with Gasteiger partial charge in [0, 0.05) is 25.8 Å². The van der Waals surface area contributed by atoms with E-state index in [1.54, 1.807) is 0 Å². The van der Waals surface area contributed by atoms with Gasteiger partial charge in [0.15, 0.2) is 0 Å². The Labute approximate surface area is 72.8 Å². The van der Waals surface area contributed by atoms with Crippen molar-refractivity contribution in [2.75, 3.05) is 13.1 Å². The van der Waals surface area contributed by atoms with Crippen LogP contribution in [0.2, 0.25) is 0 Å². The second-order valence-corrected chi connectivity index (χ2v) is 2.67. The van der Waals surface area contributed by atoms with Crippen molar-refractivity contribution in [3.8, 4) is 0 Å². The van der Waals surface area contributed by atoms with Crippen LogP contribution < -0.4 is 11.1 Å². The van der Waals surface area contributed by atoms with Crippen LogP contribution in [0.4, 0.5) is 0 Å². The van der Waals surface area contributed by atoms with E-state index >= 15 is 0 Å². The van der Waals surface area contributed by atoms with Crippen LogP contribution in [0.1, 0.15) is 12.6 Å². The van der Waals surface area contributed by atoms with Crippen LogP contribution in [-0.2, 0) is 13.1 Å². The van der Waals surface area contributed by atoms with E-state index in [1.807, 2.05) is 17.1 Å². The maximum atomic E-state index is 5.41. The fraction of sp³-hybridized carbons (Fsp3) is 0.625. The van der Waals surface area contributed by atoms with Crippen molar-refractivity contribution < 1.29 is 0 Å². The summed E-state index contributed by atoms with van der Waals surface area (Å²) in [4.78, 5) is 4.22. The highest BCUT2D eigenvalue weighted by molar-refractivity contribution is 4.95. The molecule has 1 aromatic heterocycles. The van der Waals surface area contributed by atoms with Gasteiger partial charge in [0.1, 0.15) is 0 Å². The first kappa shape index (κ1) is 9.22. The van der Waals surface area contributed by atoms with Crippen molar-refractivity contribution in [1.29, 1.82) is 0 Å². The van der Waals surface area contributed by atoms with E-state index in [-0.39, 0.29) is 0 Å². The third kappa shape index (κ3) is 2.64. The highest BCUT2D eigenvalue weighted by Crippen LogP contribution is 1.94. The van der Waals surface area contributed by atoms with Gasteiger partial charge in [-0.05, 0) is 6.54 Å². The third-order valence-corrected chi connectivity index (χ3v) is 1.63. The van der Waals surface area contributed by atoms with Gasteiger partial charge in [-0.1, -0.05) is 6.92 Å². The van der Waals surface area contributed by atoms with Gasteiger partial charge in [-0.3, -0.25) is 0 Å². The molecule has 0 saturated carbocycles. The van der Waals surface area contributed by atoms with Crippen LogP contribution in [0.25, 0.3) is 0 Å². The molecule has 1 aromatic rings. The second-order valence-electron chi connectivity index (χ2n) is 2.67. The number of nitrogens with one attached hydrogen (secondary N) is 1. The number of hydrogen-bond acceptors (Lipinski definition) is 3. The Bertz CT molecular complexity index is 219. The van der Waals surface area contributed by atoms with Crippen LogP contribution in [0.3, 0.4) is 0 Å². The average Bonchev–Trinajstić information content (AvgIpc) is 2.50. The number of imidazole rings is 1. The fourth-order valence-electron chi connectivity index (χ4n) is 1.02. The molecular formula is C8H16N4. The normalized spacial score (nSPS) is 10.5. The van der Waals surface area contributed by atoms with E-state index in [4.69, 9.17) is 5.73 Å². The number of nitrogens with zero attached hydrogens (tertiary/aromatic N) is 2. The molecule has 0 radical (unpaired) electrons. The monoisotopic (exact) mass is 168 g/mol. The highest BCUT2D eigenvalue weighted by atomic mass is 15.0. The molecule has 0 bridgehead atoms. The molecule has 0 spiro atoms. The summed E-state index contributed by atoms with van der Waals surface area (Å²) in [6.07, 6.45) is 3.84. The van der Waals surface area contributed by atoms with E-state index < -0.39 is 0 Å². The van der Waals surface area contributed by atoms with Gasteiger partial charge in [0.05, 0.1) is 12.0 Å². The minimum absolute atomic E-state index is 0.664. The number of aromatic nitrogens is 2. The molecule has 0 fully saturated rings. The number of nitrogens with two attached hydrogens (primary N) is 1. The lowest BCUT2D eigenvalue weighted by Crippen LogP contribution is -2.12. The smallest absolute Gasteiger partial charge is 0.0950 e. The summed E-state index contributed by atoms with van der Waals surface area (Å²) in [7, 11) is 0. The van der Waals surface area contributed by atoms with E-state index in [0.29, 0.717) is 6.54 Å². The van der Waals surface area contributed by atoms with E-state index in [2.05, 4.69) is 17.2 Å². The Morgan fingerprint density at radius 1 is 1.67 bits per heavy atom. The summed E-state index contributed by atoms with van der Waals surface area (Å²) in [6.45, 7) is 5.41. The predicted octanol–water partition coefficient (Wildman–Crippen LogP) is -0.0487. The van der Waals surface area contributed by atoms with Crippen molar-refractivity contribution >= 4 is 0 Å². The Kier molecular flexibility index (Phi) is 3.76. The van der Waals surface area contributed by atoms with Gasteiger partial charge in [-0.25, -0.2) is 4.98 Å². The van der Waals surface area contributed by atoms with Crippen LogP contribution in [0.15, 0.2) is 12.5 Å². The molecular weight excluding hydrogens is 152 g/mol. The Hall–Kier alpha value is -0.870. The second kappa shape index (κ2) is 4.90. The average molecular weight is 168 g/mol. The molecule has 0 aliphatic rings. The lowest BCUT2D eigenvalue weighted by molar-refractivity contribution is 0.697. The summed E-state index contributed by atoms with van der Waals surface area (Å²) in [5.74, 6) is 0. The van der Waals surface area contributed by atoms with Crippen molar-refractivity contribution in [3.05, 3.63) is 18.2 Å². The third-order valence-electron chi connectivity index (χ3n) is 1.63. The summed E-state index contributed by atoms with van der Waals surface area (Å²) >= 11 is 0. The molecule has 0 aliphatic heterocycles. The largest absolute Gasteiger partial charge is 0.336 e. The molecule has 1 rings (SSSR count). The first-order valence-electron chi connectivity index (χ1n) is 4.28. The first-order valence-corrected chi connectivity index (χ1v) is 4.28. The zero-order valence-corrected chi connectivity index (χ0v) is 7.45. The summed E-state index contributed by atoms with van der Waals surface area (Å²) < 4.78 is 2.01. The van der Waals surface area contributed by atoms with E-state index in [1.165, 1.54) is 0 Å². The zero-order valence-electron chi connectivity index (χ0n) is 7.45. The van der Waals surface area contributed by atoms with Gasteiger partial charge in [0.25, 0.3) is 0 Å². The number of rotatable bonds is 5. The minimum Gasteiger partial charge on any atom is -0.336 e. The lowest BCUT2D eigenvalue weighted by atomic mass is 10.4. The molecule has 0 atom stereocenters. The van der Waals surface area contributed by atoms with Gasteiger partial charge in [-0.15, -0.1) is 0 Å². The van der Waals surface area contributed by atoms with Crippen LogP contribution in [-0.4, -0.2) is 22.6 Å². The molecule has 0 amide bonds. The molecule has 12 heavy (non-hydrogen) atoms. The SMILES string of the molecule is CCNCc1cn(CCN)cn1. The molecule has 0 saturated heterocycles. The van der Waals surface area contributed by atoms with Gasteiger partial charge >= 0.3 is 0 Å². The molecule has 68 valence electrons. The predicted molar refractivity (Wildman–Crippen MR) is 48.7 cm³/mol. The van der Waals surface area contributed by atoms with Crippen LogP contribution >= 0.6 is 0 Å². The van der Waals surface area contributed by atoms with Crippen LogP contribution in [0.5, 0.6) is 0 Å². The molecule has 3 N–H and O–H groups in total. The van der Waals surface area contributed by atoms with Gasteiger partial charge in [0.2, 0.25) is 0 Å². The molecule has 4 heteroatoms. The lowest BCUT2D eigenvalue weighted by Gasteiger charge is -1.97. The van der Waals surface area contributed by atoms with E-state index in [9.17, 15) is 0 Å². The minimum atomic E-state index is 0.664. The maximum absolute atomic E-state index is 5.41. The maximum Gasteiger partial charge on any atom is 0.0950 e. The molecule has 0 unspecified atom stereocenters. The summed E-state index contributed by atoms with van der Waals surface area (Å²) in [6, 6.07) is 0. The standard InChI is InChI=1S/C8H16N4/c1-2-10-5-8-6-12(4-3-9)7-11-8/h6-7,10H,2-5,9H2,1H3. The highest BCUT2D eigenvalue weighted by Gasteiger charge is 1.95. The molecule has 1 heterocycles. The van der Waals surface area contributed by atoms with Gasteiger partial charge in [-0.2, -0.15) is 0 Å². The van der Waals surface area contributed by atoms with Crippen molar-refractivity contribution in [2.45, 2.75) is 20.0 Å². The van der Waals surface area contributed by atoms with Crippen molar-refractivity contribution in [2.24, 2.45) is 5.73 Å². The Morgan fingerprint density at radius 2 is 2.50 bits per heavy atom.